The van der Waals surface area contributed by atoms with Gasteiger partial charge in [0.2, 0.25) is 0 Å². The Morgan fingerprint density at radius 2 is 2.20 bits per heavy atom. The van der Waals surface area contributed by atoms with Crippen LogP contribution in [0, 0.1) is 0 Å². The van der Waals surface area contributed by atoms with Crippen molar-refractivity contribution in [2.24, 2.45) is 7.05 Å². The molecule has 0 amide bonds. The molecule has 1 aromatic heterocycles. The molecule has 1 heterocycles. The molecule has 0 saturated carbocycles. The second kappa shape index (κ2) is 5.50. The van der Waals surface area contributed by atoms with Crippen LogP contribution in [0.5, 0.6) is 0 Å². The number of nitrogens with zero attached hydrogens (tertiary/aromatic N) is 2. The number of esters is 1. The Morgan fingerprint density at radius 1 is 1.47 bits per heavy atom. The first-order valence-corrected chi connectivity index (χ1v) is 4.96. The van der Waals surface area contributed by atoms with Crippen LogP contribution in [-0.4, -0.2) is 29.0 Å². The van der Waals surface area contributed by atoms with E-state index < -0.39 is 0 Å². The average molecular weight is 212 g/mol. The molecule has 0 aliphatic heterocycles. The van der Waals surface area contributed by atoms with Gasteiger partial charge in [0.1, 0.15) is 5.69 Å². The van der Waals surface area contributed by atoms with Crippen molar-refractivity contribution in [1.82, 2.24) is 9.78 Å². The van der Waals surface area contributed by atoms with E-state index in [1.807, 2.05) is 6.92 Å². The zero-order chi connectivity index (χ0) is 11.3. The number of rotatable bonds is 5. The van der Waals surface area contributed by atoms with Crippen molar-refractivity contribution in [3.63, 3.8) is 0 Å². The van der Waals surface area contributed by atoms with E-state index in [2.05, 4.69) is 5.10 Å². The summed E-state index contributed by atoms with van der Waals surface area (Å²) in [4.78, 5) is 11.4. The highest BCUT2D eigenvalue weighted by Crippen LogP contribution is 2.06. The zero-order valence-corrected chi connectivity index (χ0v) is 9.32. The second-order valence-corrected chi connectivity index (χ2v) is 3.00. The van der Waals surface area contributed by atoms with Gasteiger partial charge in [-0.05, 0) is 19.9 Å². The van der Waals surface area contributed by atoms with E-state index in [1.54, 1.807) is 20.0 Å². The molecule has 0 N–H and O–H groups in total. The number of carbonyl (C=O) groups is 1. The Morgan fingerprint density at radius 3 is 2.80 bits per heavy atom. The molecule has 0 spiro atoms. The lowest BCUT2D eigenvalue weighted by atomic mass is 10.3. The number of ether oxygens (including phenoxy) is 2. The van der Waals surface area contributed by atoms with Gasteiger partial charge in [0.15, 0.2) is 0 Å². The largest absolute Gasteiger partial charge is 0.461 e. The van der Waals surface area contributed by atoms with Gasteiger partial charge < -0.3 is 9.47 Å². The van der Waals surface area contributed by atoms with Crippen LogP contribution in [0.4, 0.5) is 0 Å². The molecule has 0 saturated heterocycles. The van der Waals surface area contributed by atoms with Crippen LogP contribution in [-0.2, 0) is 23.1 Å². The Hall–Kier alpha value is -1.36. The molecule has 0 aromatic carbocycles. The molecule has 0 radical (unpaired) electrons. The van der Waals surface area contributed by atoms with Crippen molar-refractivity contribution in [3.05, 3.63) is 17.5 Å². The molecule has 0 atom stereocenters. The van der Waals surface area contributed by atoms with Crippen LogP contribution in [0.15, 0.2) is 6.07 Å². The van der Waals surface area contributed by atoms with Crippen LogP contribution in [0.2, 0.25) is 0 Å². The monoisotopic (exact) mass is 212 g/mol. The minimum Gasteiger partial charge on any atom is -0.461 e. The molecule has 0 aliphatic rings. The molecule has 84 valence electrons. The van der Waals surface area contributed by atoms with Crippen LogP contribution in [0.3, 0.4) is 0 Å². The lowest BCUT2D eigenvalue weighted by Gasteiger charge is -1.99. The molecule has 5 nitrogen and oxygen atoms in total. The fourth-order valence-electron chi connectivity index (χ4n) is 1.20. The van der Waals surface area contributed by atoms with Crippen LogP contribution in [0.25, 0.3) is 0 Å². The summed E-state index contributed by atoms with van der Waals surface area (Å²) >= 11 is 0. The van der Waals surface area contributed by atoms with Gasteiger partial charge in [-0.1, -0.05) is 0 Å². The first kappa shape index (κ1) is 11.7. The van der Waals surface area contributed by atoms with Gasteiger partial charge >= 0.3 is 5.97 Å². The van der Waals surface area contributed by atoms with Gasteiger partial charge in [0.25, 0.3) is 0 Å². The second-order valence-electron chi connectivity index (χ2n) is 3.00. The predicted octanol–water partition coefficient (Wildman–Crippen LogP) is 1.13. The number of hydrogen-bond acceptors (Lipinski definition) is 4. The summed E-state index contributed by atoms with van der Waals surface area (Å²) in [6.07, 6.45) is 0. The van der Waals surface area contributed by atoms with Gasteiger partial charge in [-0.15, -0.1) is 0 Å². The minimum absolute atomic E-state index is 0.352. The average Bonchev–Trinajstić information content (AvgIpc) is 2.57. The first-order valence-electron chi connectivity index (χ1n) is 4.96. The lowest BCUT2D eigenvalue weighted by Crippen LogP contribution is -2.10. The van der Waals surface area contributed by atoms with Crippen LogP contribution < -0.4 is 0 Å². The first-order chi connectivity index (χ1) is 7.19. The summed E-state index contributed by atoms with van der Waals surface area (Å²) in [5.74, 6) is -0.352. The molecule has 1 rings (SSSR count). The topological polar surface area (TPSA) is 53.4 Å². The van der Waals surface area contributed by atoms with Crippen LogP contribution in [0.1, 0.15) is 30.0 Å². The zero-order valence-electron chi connectivity index (χ0n) is 9.32. The summed E-state index contributed by atoms with van der Waals surface area (Å²) in [5, 5.41) is 4.14. The quantitative estimate of drug-likeness (QED) is 0.687. The fourth-order valence-corrected chi connectivity index (χ4v) is 1.20. The van der Waals surface area contributed by atoms with Crippen molar-refractivity contribution in [1.29, 1.82) is 0 Å². The van der Waals surface area contributed by atoms with Crippen LogP contribution >= 0.6 is 0 Å². The summed E-state index contributed by atoms with van der Waals surface area (Å²) in [7, 11) is 1.71. The minimum atomic E-state index is -0.352. The number of hydrogen-bond donors (Lipinski definition) is 0. The van der Waals surface area contributed by atoms with Crippen molar-refractivity contribution in [2.45, 2.75) is 20.5 Å². The van der Waals surface area contributed by atoms with E-state index in [4.69, 9.17) is 9.47 Å². The summed E-state index contributed by atoms with van der Waals surface area (Å²) < 4.78 is 11.6. The van der Waals surface area contributed by atoms with E-state index in [1.165, 1.54) is 4.68 Å². The van der Waals surface area contributed by atoms with Crippen molar-refractivity contribution in [3.8, 4) is 0 Å². The van der Waals surface area contributed by atoms with Gasteiger partial charge in [-0.3, -0.25) is 4.68 Å². The summed E-state index contributed by atoms with van der Waals surface area (Å²) in [6.45, 7) is 5.10. The van der Waals surface area contributed by atoms with Gasteiger partial charge in [0, 0.05) is 13.7 Å². The maximum absolute atomic E-state index is 11.4. The van der Waals surface area contributed by atoms with E-state index in [0.29, 0.717) is 25.5 Å². The summed E-state index contributed by atoms with van der Waals surface area (Å²) in [5.41, 5.74) is 1.19. The molecular formula is C10H16N2O3. The third-order valence-electron chi connectivity index (χ3n) is 1.87. The van der Waals surface area contributed by atoms with E-state index in [-0.39, 0.29) is 5.97 Å². The molecule has 0 aliphatic carbocycles. The fraction of sp³-hybridized carbons (Fsp3) is 0.600. The Kier molecular flexibility index (Phi) is 4.30. The SMILES string of the molecule is CCOCc1cc(C(=O)OCC)n(C)n1. The van der Waals surface area contributed by atoms with Gasteiger partial charge in [0.05, 0.1) is 18.9 Å². The predicted molar refractivity (Wildman–Crippen MR) is 54.5 cm³/mol. The van der Waals surface area contributed by atoms with E-state index in [9.17, 15) is 4.79 Å². The number of aromatic nitrogens is 2. The lowest BCUT2D eigenvalue weighted by molar-refractivity contribution is 0.0513. The molecule has 15 heavy (non-hydrogen) atoms. The van der Waals surface area contributed by atoms with Crippen molar-refractivity contribution < 1.29 is 14.3 Å². The molecule has 1 aromatic rings. The van der Waals surface area contributed by atoms with E-state index >= 15 is 0 Å². The maximum Gasteiger partial charge on any atom is 0.356 e. The molecule has 0 unspecified atom stereocenters. The molecule has 0 bridgehead atoms. The molecule has 0 fully saturated rings. The standard InChI is InChI=1S/C10H16N2O3/c1-4-14-7-8-6-9(12(3)11-8)10(13)15-5-2/h6H,4-5,7H2,1-3H3. The van der Waals surface area contributed by atoms with Crippen molar-refractivity contribution >= 4 is 5.97 Å². The highest BCUT2D eigenvalue weighted by molar-refractivity contribution is 5.87. The smallest absolute Gasteiger partial charge is 0.356 e. The highest BCUT2D eigenvalue weighted by Gasteiger charge is 2.13. The maximum atomic E-state index is 11.4. The molecular weight excluding hydrogens is 196 g/mol. The van der Waals surface area contributed by atoms with Crippen molar-refractivity contribution in [2.75, 3.05) is 13.2 Å². The Labute approximate surface area is 89.0 Å². The Bertz CT molecular complexity index is 333. The molecule has 5 heteroatoms. The number of aryl methyl sites for hydroxylation is 1. The van der Waals surface area contributed by atoms with Gasteiger partial charge in [-0.25, -0.2) is 4.79 Å². The van der Waals surface area contributed by atoms with Gasteiger partial charge in [-0.2, -0.15) is 5.10 Å². The highest BCUT2D eigenvalue weighted by atomic mass is 16.5. The third kappa shape index (κ3) is 3.06. The Balaban J connectivity index is 2.72. The normalized spacial score (nSPS) is 10.3. The third-order valence-corrected chi connectivity index (χ3v) is 1.87. The number of carbonyl (C=O) groups excluding carboxylic acids is 1. The summed E-state index contributed by atoms with van der Waals surface area (Å²) in [6, 6.07) is 1.69. The van der Waals surface area contributed by atoms with E-state index in [0.717, 1.165) is 5.69 Å².